The third-order valence-corrected chi connectivity index (χ3v) is 5.22. The molecule has 1 aromatic heterocycles. The molecule has 1 aromatic rings. The Balaban J connectivity index is 1.70. The predicted octanol–water partition coefficient (Wildman–Crippen LogP) is -1.04. The Morgan fingerprint density at radius 3 is 2.15 bits per heavy atom. The van der Waals surface area contributed by atoms with Crippen molar-refractivity contribution in [3.05, 3.63) is 11.9 Å². The zero-order chi connectivity index (χ0) is 19.8. The van der Waals surface area contributed by atoms with Gasteiger partial charge in [0.25, 0.3) is 0 Å². The standard InChI is InChI=1S/C18H34N4O5/c1-2-3-4-5-6-7-10-22-11-12(20-21-22)8-9-19-13-14(23)16(25)18(27)17(26)15(13)24/h11,13-19,23-27H,2-10H2,1H3/t13?,14-,15+,16+,17-,18?. The van der Waals surface area contributed by atoms with Crippen molar-refractivity contribution < 1.29 is 25.5 Å². The molecule has 156 valence electrons. The first-order valence-corrected chi connectivity index (χ1v) is 9.98. The smallest absolute Gasteiger partial charge is 0.111 e. The summed E-state index contributed by atoms with van der Waals surface area (Å²) in [5, 5.41) is 60.2. The molecule has 1 aliphatic rings. The Morgan fingerprint density at radius 1 is 0.889 bits per heavy atom. The minimum atomic E-state index is -1.57. The van der Waals surface area contributed by atoms with E-state index in [0.717, 1.165) is 18.7 Å². The van der Waals surface area contributed by atoms with E-state index in [4.69, 9.17) is 0 Å². The van der Waals surface area contributed by atoms with Crippen molar-refractivity contribution in [3.8, 4) is 0 Å². The summed E-state index contributed by atoms with van der Waals surface area (Å²) < 4.78 is 1.82. The minimum Gasteiger partial charge on any atom is -0.389 e. The van der Waals surface area contributed by atoms with E-state index < -0.39 is 36.6 Å². The molecule has 1 heterocycles. The van der Waals surface area contributed by atoms with Crippen LogP contribution in [0.25, 0.3) is 0 Å². The largest absolute Gasteiger partial charge is 0.389 e. The fourth-order valence-electron chi connectivity index (χ4n) is 3.46. The van der Waals surface area contributed by atoms with Gasteiger partial charge in [-0.2, -0.15) is 0 Å². The Morgan fingerprint density at radius 2 is 1.48 bits per heavy atom. The molecular weight excluding hydrogens is 352 g/mol. The molecule has 0 spiro atoms. The van der Waals surface area contributed by atoms with Crippen molar-refractivity contribution in [1.29, 1.82) is 0 Å². The number of aryl methyl sites for hydroxylation is 1. The first kappa shape index (κ1) is 22.2. The number of aliphatic hydroxyl groups is 5. The van der Waals surface area contributed by atoms with Gasteiger partial charge in [-0.1, -0.05) is 44.2 Å². The van der Waals surface area contributed by atoms with Crippen LogP contribution in [0.3, 0.4) is 0 Å². The van der Waals surface area contributed by atoms with Gasteiger partial charge in [-0.15, -0.1) is 5.10 Å². The van der Waals surface area contributed by atoms with Crippen LogP contribution in [0.5, 0.6) is 0 Å². The van der Waals surface area contributed by atoms with E-state index in [9.17, 15) is 25.5 Å². The highest BCUT2D eigenvalue weighted by atomic mass is 16.4. The van der Waals surface area contributed by atoms with Crippen molar-refractivity contribution in [2.24, 2.45) is 0 Å². The predicted molar refractivity (Wildman–Crippen MR) is 98.9 cm³/mol. The SMILES string of the molecule is CCCCCCCCn1cc(CCNC2[C@@H](O)[C@H](O)C(O)[C@H](O)[C@H]2O)nn1. The van der Waals surface area contributed by atoms with E-state index in [0.29, 0.717) is 13.0 Å². The maximum absolute atomic E-state index is 10.00. The lowest BCUT2D eigenvalue weighted by Gasteiger charge is -2.42. The van der Waals surface area contributed by atoms with Crippen LogP contribution in [-0.2, 0) is 13.0 Å². The lowest BCUT2D eigenvalue weighted by molar-refractivity contribution is -0.190. The molecule has 0 amide bonds. The van der Waals surface area contributed by atoms with Gasteiger partial charge in [-0.3, -0.25) is 4.68 Å². The second-order valence-electron chi connectivity index (χ2n) is 7.42. The van der Waals surface area contributed by atoms with Crippen LogP contribution in [0.4, 0.5) is 0 Å². The lowest BCUT2D eigenvalue weighted by Crippen LogP contribution is -2.67. The van der Waals surface area contributed by atoms with Crippen LogP contribution in [0.2, 0.25) is 0 Å². The van der Waals surface area contributed by atoms with Crippen molar-refractivity contribution in [2.45, 2.75) is 95.0 Å². The summed E-state index contributed by atoms with van der Waals surface area (Å²) in [7, 11) is 0. The number of nitrogens with zero attached hydrogens (tertiary/aromatic N) is 3. The molecule has 9 heteroatoms. The van der Waals surface area contributed by atoms with E-state index >= 15 is 0 Å². The number of aromatic nitrogens is 3. The minimum absolute atomic E-state index is 0.379. The summed E-state index contributed by atoms with van der Waals surface area (Å²) in [6, 6.07) is -0.934. The molecule has 6 atom stereocenters. The van der Waals surface area contributed by atoms with Crippen LogP contribution in [0, 0.1) is 0 Å². The zero-order valence-electron chi connectivity index (χ0n) is 16.0. The van der Waals surface area contributed by atoms with Crippen LogP contribution < -0.4 is 5.32 Å². The fraction of sp³-hybridized carbons (Fsp3) is 0.889. The molecular formula is C18H34N4O5. The van der Waals surface area contributed by atoms with E-state index in [1.54, 1.807) is 0 Å². The van der Waals surface area contributed by atoms with E-state index in [1.165, 1.54) is 32.1 Å². The van der Waals surface area contributed by atoms with Gasteiger partial charge in [0.2, 0.25) is 0 Å². The Hall–Kier alpha value is -1.10. The second kappa shape index (κ2) is 11.0. The topological polar surface area (TPSA) is 144 Å². The summed E-state index contributed by atoms with van der Waals surface area (Å²) in [4.78, 5) is 0. The van der Waals surface area contributed by atoms with Crippen molar-refractivity contribution in [1.82, 2.24) is 20.3 Å². The van der Waals surface area contributed by atoms with E-state index in [1.807, 2.05) is 10.9 Å². The first-order valence-electron chi connectivity index (χ1n) is 9.98. The zero-order valence-corrected chi connectivity index (χ0v) is 16.0. The second-order valence-corrected chi connectivity index (χ2v) is 7.42. The maximum Gasteiger partial charge on any atom is 0.111 e. The molecule has 9 nitrogen and oxygen atoms in total. The maximum atomic E-state index is 10.00. The van der Waals surface area contributed by atoms with Crippen LogP contribution in [-0.4, -0.2) is 83.6 Å². The number of unbranched alkanes of at least 4 members (excludes halogenated alkanes) is 5. The molecule has 1 fully saturated rings. The molecule has 2 rings (SSSR count). The quantitative estimate of drug-likeness (QED) is 0.265. The van der Waals surface area contributed by atoms with Gasteiger partial charge < -0.3 is 30.8 Å². The lowest BCUT2D eigenvalue weighted by atomic mass is 9.83. The molecule has 0 aliphatic heterocycles. The molecule has 1 saturated carbocycles. The first-order chi connectivity index (χ1) is 13.0. The molecule has 0 radical (unpaired) electrons. The molecule has 6 N–H and O–H groups in total. The highest BCUT2D eigenvalue weighted by Gasteiger charge is 2.47. The molecule has 27 heavy (non-hydrogen) atoms. The number of nitrogens with one attached hydrogen (secondary N) is 1. The van der Waals surface area contributed by atoms with Crippen molar-refractivity contribution in [3.63, 3.8) is 0 Å². The van der Waals surface area contributed by atoms with Gasteiger partial charge in [0.05, 0.1) is 11.7 Å². The molecule has 1 aliphatic carbocycles. The van der Waals surface area contributed by atoms with E-state index in [-0.39, 0.29) is 0 Å². The number of aliphatic hydroxyl groups excluding tert-OH is 5. The van der Waals surface area contributed by atoms with Crippen molar-refractivity contribution >= 4 is 0 Å². The van der Waals surface area contributed by atoms with Crippen LogP contribution in [0.15, 0.2) is 6.20 Å². The van der Waals surface area contributed by atoms with Gasteiger partial charge in [-0.25, -0.2) is 0 Å². The number of hydrogen-bond donors (Lipinski definition) is 6. The van der Waals surface area contributed by atoms with Crippen molar-refractivity contribution in [2.75, 3.05) is 6.54 Å². The van der Waals surface area contributed by atoms with Gasteiger partial charge in [0.1, 0.15) is 30.5 Å². The highest BCUT2D eigenvalue weighted by molar-refractivity contribution is 5.02. The van der Waals surface area contributed by atoms with Gasteiger partial charge in [0, 0.05) is 25.7 Å². The van der Waals surface area contributed by atoms with Gasteiger partial charge in [0.15, 0.2) is 0 Å². The Bertz CT molecular complexity index is 528. The van der Waals surface area contributed by atoms with Gasteiger partial charge in [-0.05, 0) is 6.42 Å². The normalized spacial score (nSPS) is 31.3. The number of rotatable bonds is 11. The average molecular weight is 386 g/mol. The molecule has 0 bridgehead atoms. The highest BCUT2D eigenvalue weighted by Crippen LogP contribution is 2.21. The average Bonchev–Trinajstić information content (AvgIpc) is 3.11. The van der Waals surface area contributed by atoms with Gasteiger partial charge >= 0.3 is 0 Å². The third-order valence-electron chi connectivity index (χ3n) is 5.22. The summed E-state index contributed by atoms with van der Waals surface area (Å²) in [5.74, 6) is 0. The fourth-order valence-corrected chi connectivity index (χ4v) is 3.46. The summed E-state index contributed by atoms with van der Waals surface area (Å²) >= 11 is 0. The number of hydrogen-bond acceptors (Lipinski definition) is 8. The summed E-state index contributed by atoms with van der Waals surface area (Å²) in [6.07, 6.45) is 2.38. The monoisotopic (exact) mass is 386 g/mol. The summed E-state index contributed by atoms with van der Waals surface area (Å²) in [5.41, 5.74) is 0.786. The molecule has 2 unspecified atom stereocenters. The molecule has 0 saturated heterocycles. The molecule has 0 aromatic carbocycles. The summed E-state index contributed by atoms with van der Waals surface area (Å²) in [6.45, 7) is 3.42. The van der Waals surface area contributed by atoms with Crippen LogP contribution >= 0.6 is 0 Å². The van der Waals surface area contributed by atoms with E-state index in [2.05, 4.69) is 22.6 Å². The Kier molecular flexibility index (Phi) is 9.07. The van der Waals surface area contributed by atoms with Crippen LogP contribution in [0.1, 0.15) is 51.1 Å². The third kappa shape index (κ3) is 6.20. The Labute approximate surface area is 160 Å².